The van der Waals surface area contributed by atoms with Crippen molar-refractivity contribution in [2.24, 2.45) is 0 Å². The SMILES string of the molecule is Cc1ccc(C(=O)O)cc1-n1c(C)cc([C@@H]2[C@H](c3ccccn3)NC(=S)N2Cc2ccccn2)c1C. The number of carbonyl (C=O) groups is 1. The Morgan fingerprint density at radius 2 is 1.78 bits per heavy atom. The van der Waals surface area contributed by atoms with E-state index in [1.807, 2.05) is 56.3 Å². The second-order valence-corrected chi connectivity index (χ2v) is 9.43. The Bertz CT molecular complexity index is 1440. The van der Waals surface area contributed by atoms with E-state index in [1.165, 1.54) is 0 Å². The molecule has 4 heterocycles. The monoisotopic (exact) mass is 497 g/mol. The first-order valence-electron chi connectivity index (χ1n) is 11.8. The van der Waals surface area contributed by atoms with Gasteiger partial charge in [0, 0.05) is 29.5 Å². The molecule has 1 fully saturated rings. The van der Waals surface area contributed by atoms with Crippen LogP contribution in [0.3, 0.4) is 0 Å². The van der Waals surface area contributed by atoms with Crippen molar-refractivity contribution in [1.82, 2.24) is 24.8 Å². The van der Waals surface area contributed by atoms with Gasteiger partial charge in [-0.3, -0.25) is 9.97 Å². The van der Waals surface area contributed by atoms with E-state index in [0.717, 1.165) is 39.6 Å². The summed E-state index contributed by atoms with van der Waals surface area (Å²) in [5.41, 5.74) is 7.10. The number of carboxylic acids is 1. The Hall–Kier alpha value is -4.04. The van der Waals surface area contributed by atoms with Gasteiger partial charge in [0.1, 0.15) is 0 Å². The summed E-state index contributed by atoms with van der Waals surface area (Å²) in [6.07, 6.45) is 3.58. The van der Waals surface area contributed by atoms with Crippen molar-refractivity contribution in [3.8, 4) is 5.69 Å². The lowest BCUT2D eigenvalue weighted by atomic mass is 9.96. The zero-order chi connectivity index (χ0) is 25.4. The molecule has 1 aliphatic heterocycles. The fourth-order valence-corrected chi connectivity index (χ4v) is 5.33. The average molecular weight is 498 g/mol. The molecule has 7 nitrogen and oxygen atoms in total. The molecule has 182 valence electrons. The molecule has 3 aromatic heterocycles. The lowest BCUT2D eigenvalue weighted by Crippen LogP contribution is -2.29. The maximum atomic E-state index is 11.7. The molecule has 0 radical (unpaired) electrons. The van der Waals surface area contributed by atoms with E-state index in [-0.39, 0.29) is 17.6 Å². The van der Waals surface area contributed by atoms with Crippen LogP contribution in [0.1, 0.15) is 56.3 Å². The van der Waals surface area contributed by atoms with Crippen LogP contribution in [0.25, 0.3) is 5.69 Å². The highest BCUT2D eigenvalue weighted by Gasteiger charge is 2.41. The first-order chi connectivity index (χ1) is 17.3. The van der Waals surface area contributed by atoms with Crippen molar-refractivity contribution in [2.45, 2.75) is 39.4 Å². The van der Waals surface area contributed by atoms with Crippen LogP contribution in [-0.2, 0) is 6.54 Å². The van der Waals surface area contributed by atoms with Crippen LogP contribution in [0.5, 0.6) is 0 Å². The Morgan fingerprint density at radius 1 is 1.03 bits per heavy atom. The molecule has 0 aliphatic carbocycles. The number of aryl methyl sites for hydroxylation is 2. The number of hydrogen-bond acceptors (Lipinski definition) is 4. The van der Waals surface area contributed by atoms with Gasteiger partial charge in [0.15, 0.2) is 5.11 Å². The Balaban J connectivity index is 1.64. The number of pyridine rings is 2. The number of benzene rings is 1. The predicted molar refractivity (Wildman–Crippen MR) is 142 cm³/mol. The molecule has 1 aliphatic rings. The van der Waals surface area contributed by atoms with E-state index in [1.54, 1.807) is 24.5 Å². The molecular weight excluding hydrogens is 470 g/mol. The summed E-state index contributed by atoms with van der Waals surface area (Å²) in [6.45, 7) is 6.67. The number of nitrogens with one attached hydrogen (secondary N) is 1. The van der Waals surface area contributed by atoms with Crippen LogP contribution in [0, 0.1) is 20.8 Å². The zero-order valence-electron chi connectivity index (χ0n) is 20.3. The third-order valence-corrected chi connectivity index (χ3v) is 7.09. The molecule has 1 aromatic carbocycles. The van der Waals surface area contributed by atoms with Crippen molar-refractivity contribution >= 4 is 23.3 Å². The van der Waals surface area contributed by atoms with Crippen molar-refractivity contribution in [2.75, 3.05) is 0 Å². The molecule has 0 bridgehead atoms. The van der Waals surface area contributed by atoms with Gasteiger partial charge >= 0.3 is 5.97 Å². The van der Waals surface area contributed by atoms with Crippen LogP contribution in [0.15, 0.2) is 73.1 Å². The summed E-state index contributed by atoms with van der Waals surface area (Å²) in [5, 5.41) is 13.7. The summed E-state index contributed by atoms with van der Waals surface area (Å²) in [6, 6.07) is 18.9. The van der Waals surface area contributed by atoms with Gasteiger partial charge in [-0.25, -0.2) is 4.79 Å². The predicted octanol–water partition coefficient (Wildman–Crippen LogP) is 5.06. The van der Waals surface area contributed by atoms with Crippen molar-refractivity contribution in [1.29, 1.82) is 0 Å². The zero-order valence-corrected chi connectivity index (χ0v) is 21.2. The maximum Gasteiger partial charge on any atom is 0.335 e. The molecular formula is C28H27N5O2S. The van der Waals surface area contributed by atoms with Gasteiger partial charge < -0.3 is 19.9 Å². The van der Waals surface area contributed by atoms with Gasteiger partial charge in [-0.05, 0) is 86.6 Å². The van der Waals surface area contributed by atoms with Crippen LogP contribution < -0.4 is 5.32 Å². The van der Waals surface area contributed by atoms with Gasteiger partial charge in [-0.2, -0.15) is 0 Å². The van der Waals surface area contributed by atoms with Gasteiger partial charge in [0.05, 0.1) is 35.6 Å². The lowest BCUT2D eigenvalue weighted by molar-refractivity contribution is 0.0697. The first kappa shape index (κ1) is 23.7. The van der Waals surface area contributed by atoms with E-state index in [0.29, 0.717) is 11.7 Å². The fourth-order valence-electron chi connectivity index (χ4n) is 5.02. The summed E-state index contributed by atoms with van der Waals surface area (Å²) >= 11 is 5.82. The average Bonchev–Trinajstić information content (AvgIpc) is 3.35. The van der Waals surface area contributed by atoms with E-state index in [4.69, 9.17) is 12.2 Å². The number of rotatable bonds is 6. The first-order valence-corrected chi connectivity index (χ1v) is 12.2. The second kappa shape index (κ2) is 9.54. The largest absolute Gasteiger partial charge is 0.478 e. The fraction of sp³-hybridized carbons (Fsp3) is 0.214. The number of hydrogen-bond donors (Lipinski definition) is 2. The van der Waals surface area contributed by atoms with Crippen molar-refractivity contribution < 1.29 is 9.90 Å². The number of carboxylic acid groups (broad SMARTS) is 1. The molecule has 4 aromatic rings. The second-order valence-electron chi connectivity index (χ2n) is 9.04. The number of aromatic nitrogens is 3. The van der Waals surface area contributed by atoms with Crippen molar-refractivity contribution in [3.63, 3.8) is 0 Å². The Labute approximate surface area is 215 Å². The molecule has 5 rings (SSSR count). The van der Waals surface area contributed by atoms with Gasteiger partial charge in [0.2, 0.25) is 0 Å². The Morgan fingerprint density at radius 3 is 2.44 bits per heavy atom. The van der Waals surface area contributed by atoms with E-state index in [9.17, 15) is 9.90 Å². The van der Waals surface area contributed by atoms with Gasteiger partial charge in [-0.1, -0.05) is 18.2 Å². The summed E-state index contributed by atoms with van der Waals surface area (Å²) in [7, 11) is 0. The topological polar surface area (TPSA) is 83.3 Å². The van der Waals surface area contributed by atoms with Crippen LogP contribution in [0.4, 0.5) is 0 Å². The third kappa shape index (κ3) is 4.24. The van der Waals surface area contributed by atoms with E-state index >= 15 is 0 Å². The van der Waals surface area contributed by atoms with Crippen LogP contribution in [0.2, 0.25) is 0 Å². The minimum absolute atomic E-state index is 0.127. The third-order valence-electron chi connectivity index (χ3n) is 6.74. The minimum atomic E-state index is -0.943. The standard InChI is InChI=1S/C28H27N5O2S/c1-17-10-11-20(27(34)35)15-24(17)33-18(2)14-22(19(33)3)26-25(23-9-5-7-13-30-23)31-28(36)32(26)16-21-8-4-6-12-29-21/h4-15,25-26H,16H2,1-3H3,(H,31,36)(H,34,35)/t25-,26+/m0/s1. The molecule has 1 saturated heterocycles. The smallest absolute Gasteiger partial charge is 0.335 e. The molecule has 8 heteroatoms. The van der Waals surface area contributed by atoms with Crippen molar-refractivity contribution in [3.05, 3.63) is 113 Å². The van der Waals surface area contributed by atoms with E-state index in [2.05, 4.69) is 37.7 Å². The Kier molecular flexibility index (Phi) is 6.28. The molecule has 2 atom stereocenters. The summed E-state index contributed by atoms with van der Waals surface area (Å²) in [5.74, 6) is -0.943. The highest BCUT2D eigenvalue weighted by atomic mass is 32.1. The minimum Gasteiger partial charge on any atom is -0.478 e. The quantitative estimate of drug-likeness (QED) is 0.360. The molecule has 36 heavy (non-hydrogen) atoms. The highest BCUT2D eigenvalue weighted by Crippen LogP contribution is 2.42. The van der Waals surface area contributed by atoms with Gasteiger partial charge in [0.25, 0.3) is 0 Å². The van der Waals surface area contributed by atoms with E-state index < -0.39 is 5.97 Å². The summed E-state index contributed by atoms with van der Waals surface area (Å²) in [4.78, 5) is 23.0. The van der Waals surface area contributed by atoms with Crippen LogP contribution in [-0.4, -0.2) is 35.6 Å². The molecule has 0 amide bonds. The molecule has 0 saturated carbocycles. The lowest BCUT2D eigenvalue weighted by Gasteiger charge is -2.28. The number of thiocarbonyl (C=S) groups is 1. The number of aromatic carboxylic acids is 1. The normalized spacial score (nSPS) is 17.3. The van der Waals surface area contributed by atoms with Crippen LogP contribution >= 0.6 is 12.2 Å². The number of nitrogens with zero attached hydrogens (tertiary/aromatic N) is 4. The molecule has 2 N–H and O–H groups in total. The highest BCUT2D eigenvalue weighted by molar-refractivity contribution is 7.80. The maximum absolute atomic E-state index is 11.7. The molecule has 0 unspecified atom stereocenters. The molecule has 0 spiro atoms. The summed E-state index contributed by atoms with van der Waals surface area (Å²) < 4.78 is 2.13. The van der Waals surface area contributed by atoms with Gasteiger partial charge in [-0.15, -0.1) is 0 Å².